The SMILES string of the molecule is CN(C)C(=O)CCc1ccc(NC(=S)NC(=O)c2sc3ccccc3c2Cl)cc1. The van der Waals surface area contributed by atoms with E-state index in [4.69, 9.17) is 23.8 Å². The normalized spacial score (nSPS) is 10.6. The molecule has 0 spiro atoms. The number of rotatable bonds is 5. The maximum Gasteiger partial charge on any atom is 0.269 e. The van der Waals surface area contributed by atoms with Crippen LogP contribution in [0.2, 0.25) is 5.02 Å². The third-order valence-electron chi connectivity index (χ3n) is 4.31. The highest BCUT2D eigenvalue weighted by atomic mass is 35.5. The molecule has 2 aromatic carbocycles. The number of nitrogens with one attached hydrogen (secondary N) is 2. The fourth-order valence-corrected chi connectivity index (χ4v) is 4.33. The molecule has 0 atom stereocenters. The molecule has 29 heavy (non-hydrogen) atoms. The van der Waals surface area contributed by atoms with Gasteiger partial charge in [-0.1, -0.05) is 41.9 Å². The zero-order chi connectivity index (χ0) is 21.0. The van der Waals surface area contributed by atoms with Crippen LogP contribution in [0.5, 0.6) is 0 Å². The number of nitrogens with zero attached hydrogens (tertiary/aromatic N) is 1. The summed E-state index contributed by atoms with van der Waals surface area (Å²) in [5.41, 5.74) is 1.80. The van der Waals surface area contributed by atoms with Crippen LogP contribution in [0.15, 0.2) is 48.5 Å². The van der Waals surface area contributed by atoms with Crippen LogP contribution in [0, 0.1) is 0 Å². The second kappa shape index (κ2) is 9.35. The van der Waals surface area contributed by atoms with Gasteiger partial charge in [-0.3, -0.25) is 14.9 Å². The van der Waals surface area contributed by atoms with E-state index >= 15 is 0 Å². The summed E-state index contributed by atoms with van der Waals surface area (Å²) < 4.78 is 0.949. The molecule has 8 heteroatoms. The van der Waals surface area contributed by atoms with Crippen LogP contribution in [0.4, 0.5) is 5.69 Å². The van der Waals surface area contributed by atoms with Gasteiger partial charge in [-0.25, -0.2) is 0 Å². The first kappa shape index (κ1) is 21.2. The number of thiocarbonyl (C=S) groups is 1. The molecule has 2 amide bonds. The first-order valence-electron chi connectivity index (χ1n) is 8.93. The zero-order valence-electron chi connectivity index (χ0n) is 16.0. The van der Waals surface area contributed by atoms with Gasteiger partial charge in [0.15, 0.2) is 5.11 Å². The lowest BCUT2D eigenvalue weighted by Crippen LogP contribution is -2.33. The van der Waals surface area contributed by atoms with Crippen LogP contribution in [0.3, 0.4) is 0 Å². The topological polar surface area (TPSA) is 61.4 Å². The van der Waals surface area contributed by atoms with Crippen molar-refractivity contribution in [2.45, 2.75) is 12.8 Å². The zero-order valence-corrected chi connectivity index (χ0v) is 18.4. The number of hydrogen-bond acceptors (Lipinski definition) is 4. The Morgan fingerprint density at radius 2 is 1.79 bits per heavy atom. The van der Waals surface area contributed by atoms with E-state index in [0.717, 1.165) is 21.3 Å². The van der Waals surface area contributed by atoms with Crippen molar-refractivity contribution >= 4 is 67.9 Å². The highest BCUT2D eigenvalue weighted by Gasteiger charge is 2.17. The minimum atomic E-state index is -0.340. The average Bonchev–Trinajstić information content (AvgIpc) is 3.04. The minimum Gasteiger partial charge on any atom is -0.349 e. The molecule has 0 saturated carbocycles. The molecule has 3 rings (SSSR count). The summed E-state index contributed by atoms with van der Waals surface area (Å²) in [5.74, 6) is -0.247. The Balaban J connectivity index is 1.58. The predicted molar refractivity (Wildman–Crippen MR) is 124 cm³/mol. The summed E-state index contributed by atoms with van der Waals surface area (Å²) in [5, 5.41) is 7.14. The van der Waals surface area contributed by atoms with E-state index in [1.807, 2.05) is 48.5 Å². The van der Waals surface area contributed by atoms with Gasteiger partial charge in [0.2, 0.25) is 5.91 Å². The summed E-state index contributed by atoms with van der Waals surface area (Å²) >= 11 is 12.9. The van der Waals surface area contributed by atoms with Crippen LogP contribution in [0.25, 0.3) is 10.1 Å². The molecule has 0 aliphatic carbocycles. The molecule has 0 bridgehead atoms. The van der Waals surface area contributed by atoms with Crippen molar-refractivity contribution in [3.63, 3.8) is 0 Å². The third kappa shape index (κ3) is 5.32. The van der Waals surface area contributed by atoms with Crippen LogP contribution in [-0.2, 0) is 11.2 Å². The fraction of sp³-hybridized carbons (Fsp3) is 0.190. The van der Waals surface area contributed by atoms with Gasteiger partial charge in [0, 0.05) is 36.3 Å². The number of benzene rings is 2. The van der Waals surface area contributed by atoms with Crippen molar-refractivity contribution in [3.05, 3.63) is 64.0 Å². The largest absolute Gasteiger partial charge is 0.349 e. The van der Waals surface area contributed by atoms with E-state index in [2.05, 4.69) is 10.6 Å². The summed E-state index contributed by atoms with van der Waals surface area (Å²) in [6.45, 7) is 0. The van der Waals surface area contributed by atoms with Gasteiger partial charge in [0.05, 0.1) is 5.02 Å². The minimum absolute atomic E-state index is 0.0935. The van der Waals surface area contributed by atoms with Crippen molar-refractivity contribution in [1.82, 2.24) is 10.2 Å². The Labute approximate surface area is 183 Å². The van der Waals surface area contributed by atoms with E-state index < -0.39 is 0 Å². The number of anilines is 1. The van der Waals surface area contributed by atoms with Gasteiger partial charge >= 0.3 is 0 Å². The van der Waals surface area contributed by atoms with Crippen molar-refractivity contribution in [3.8, 4) is 0 Å². The summed E-state index contributed by atoms with van der Waals surface area (Å²) in [6.07, 6.45) is 1.13. The molecule has 0 radical (unpaired) electrons. The lowest BCUT2D eigenvalue weighted by Gasteiger charge is -2.11. The molecule has 5 nitrogen and oxygen atoms in total. The summed E-state index contributed by atoms with van der Waals surface area (Å²) in [6, 6.07) is 15.2. The molecule has 0 unspecified atom stereocenters. The molecule has 0 aliphatic rings. The number of amides is 2. The molecule has 1 heterocycles. The van der Waals surface area contributed by atoms with Crippen LogP contribution >= 0.6 is 35.2 Å². The number of hydrogen-bond donors (Lipinski definition) is 2. The molecule has 0 fully saturated rings. The standard InChI is InChI=1S/C21H20ClN3O2S2/c1-25(2)17(26)12-9-13-7-10-14(11-8-13)23-21(28)24-20(27)19-18(22)15-5-3-4-6-16(15)29-19/h3-8,10-11H,9,12H2,1-2H3,(H2,23,24,27,28). The molecule has 0 saturated heterocycles. The molecular formula is C21H20ClN3O2S2. The Bertz CT molecular complexity index is 1060. The van der Waals surface area contributed by atoms with Crippen molar-refractivity contribution < 1.29 is 9.59 Å². The number of carbonyl (C=O) groups is 2. The Hall–Kier alpha value is -2.48. The summed E-state index contributed by atoms with van der Waals surface area (Å²) in [4.78, 5) is 26.2. The fourth-order valence-electron chi connectivity index (χ4n) is 2.71. The van der Waals surface area contributed by atoms with Gasteiger partial charge in [-0.15, -0.1) is 11.3 Å². The van der Waals surface area contributed by atoms with E-state index in [-0.39, 0.29) is 16.9 Å². The Kier molecular flexibility index (Phi) is 6.84. The monoisotopic (exact) mass is 445 g/mol. The quantitative estimate of drug-likeness (QED) is 0.559. The molecular weight excluding hydrogens is 426 g/mol. The number of fused-ring (bicyclic) bond motifs is 1. The highest BCUT2D eigenvalue weighted by Crippen LogP contribution is 2.34. The first-order valence-corrected chi connectivity index (χ1v) is 10.5. The highest BCUT2D eigenvalue weighted by molar-refractivity contribution is 7.80. The lowest BCUT2D eigenvalue weighted by atomic mass is 10.1. The molecule has 2 N–H and O–H groups in total. The van der Waals surface area contributed by atoms with Crippen molar-refractivity contribution in [2.75, 3.05) is 19.4 Å². The van der Waals surface area contributed by atoms with Gasteiger partial charge in [0.1, 0.15) is 4.88 Å². The molecule has 1 aromatic heterocycles. The number of halogens is 1. The van der Waals surface area contributed by atoms with E-state index in [1.165, 1.54) is 11.3 Å². The van der Waals surface area contributed by atoms with E-state index in [9.17, 15) is 9.59 Å². The van der Waals surface area contributed by atoms with Gasteiger partial charge in [-0.05, 0) is 42.4 Å². The van der Waals surface area contributed by atoms with Gasteiger partial charge in [-0.2, -0.15) is 0 Å². The van der Waals surface area contributed by atoms with Crippen LogP contribution in [-0.4, -0.2) is 35.9 Å². The van der Waals surface area contributed by atoms with Crippen LogP contribution < -0.4 is 10.6 Å². The average molecular weight is 446 g/mol. The number of aryl methyl sites for hydroxylation is 1. The maximum atomic E-state index is 12.5. The van der Waals surface area contributed by atoms with E-state index in [1.54, 1.807) is 19.0 Å². The van der Waals surface area contributed by atoms with Crippen LogP contribution in [0.1, 0.15) is 21.7 Å². The van der Waals surface area contributed by atoms with Gasteiger partial charge in [0.25, 0.3) is 5.91 Å². The number of carbonyl (C=O) groups excluding carboxylic acids is 2. The predicted octanol–water partition coefficient (Wildman–Crippen LogP) is 4.70. The second-order valence-corrected chi connectivity index (χ2v) is 8.47. The third-order valence-corrected chi connectivity index (χ3v) is 6.18. The maximum absolute atomic E-state index is 12.5. The number of thiophene rings is 1. The van der Waals surface area contributed by atoms with Crippen molar-refractivity contribution in [1.29, 1.82) is 0 Å². The Morgan fingerprint density at radius 3 is 2.45 bits per heavy atom. The summed E-state index contributed by atoms with van der Waals surface area (Å²) in [7, 11) is 3.49. The smallest absolute Gasteiger partial charge is 0.269 e. The Morgan fingerprint density at radius 1 is 1.10 bits per heavy atom. The molecule has 3 aromatic rings. The molecule has 0 aliphatic heterocycles. The van der Waals surface area contributed by atoms with Crippen molar-refractivity contribution in [2.24, 2.45) is 0 Å². The van der Waals surface area contributed by atoms with E-state index in [0.29, 0.717) is 22.7 Å². The molecule has 150 valence electrons. The second-order valence-electron chi connectivity index (χ2n) is 6.63. The lowest BCUT2D eigenvalue weighted by molar-refractivity contribution is -0.128. The van der Waals surface area contributed by atoms with Gasteiger partial charge < -0.3 is 10.2 Å². The first-order chi connectivity index (χ1) is 13.8.